The zero-order chi connectivity index (χ0) is 13.8. The van der Waals surface area contributed by atoms with Crippen molar-refractivity contribution in [2.45, 2.75) is 13.0 Å². The maximum atomic E-state index is 5.97. The van der Waals surface area contributed by atoms with Crippen LogP contribution in [0, 0.1) is 0 Å². The van der Waals surface area contributed by atoms with Crippen LogP contribution >= 0.6 is 0 Å². The number of nitrogens with two attached hydrogens (primary N) is 1. The van der Waals surface area contributed by atoms with Gasteiger partial charge in [0, 0.05) is 17.2 Å². The van der Waals surface area contributed by atoms with Gasteiger partial charge in [0.2, 0.25) is 0 Å². The average Bonchev–Trinajstić information content (AvgIpc) is 2.46. The normalized spacial score (nSPS) is 12.0. The number of rotatable bonds is 4. The zero-order valence-corrected chi connectivity index (χ0v) is 11.5. The van der Waals surface area contributed by atoms with Crippen LogP contribution in [0.25, 0.3) is 11.1 Å². The zero-order valence-electron chi connectivity index (χ0n) is 11.5. The van der Waals surface area contributed by atoms with Gasteiger partial charge in [-0.25, -0.2) is 0 Å². The molecule has 100 valence electrons. The highest BCUT2D eigenvalue weighted by atomic mass is 16.5. The van der Waals surface area contributed by atoms with Crippen LogP contribution in [0.1, 0.15) is 18.5 Å². The smallest absolute Gasteiger partial charge is 0.127 e. The lowest BCUT2D eigenvalue weighted by Gasteiger charge is -2.17. The summed E-state index contributed by atoms with van der Waals surface area (Å²) < 4.78 is 10.9. The summed E-state index contributed by atoms with van der Waals surface area (Å²) in [5.41, 5.74) is 9.01. The Morgan fingerprint density at radius 1 is 0.947 bits per heavy atom. The van der Waals surface area contributed by atoms with E-state index >= 15 is 0 Å². The van der Waals surface area contributed by atoms with Crippen LogP contribution in [0.15, 0.2) is 42.5 Å². The van der Waals surface area contributed by atoms with E-state index in [2.05, 4.69) is 0 Å². The van der Waals surface area contributed by atoms with Crippen molar-refractivity contribution in [1.82, 2.24) is 0 Å². The molecule has 0 bridgehead atoms. The first-order valence-electron chi connectivity index (χ1n) is 6.24. The summed E-state index contributed by atoms with van der Waals surface area (Å²) in [6, 6.07) is 13.9. The molecule has 0 amide bonds. The summed E-state index contributed by atoms with van der Waals surface area (Å²) in [6.07, 6.45) is 0. The van der Waals surface area contributed by atoms with E-state index in [0.717, 1.165) is 28.2 Å². The fourth-order valence-electron chi connectivity index (χ4n) is 2.12. The topological polar surface area (TPSA) is 44.5 Å². The molecule has 2 aromatic carbocycles. The minimum absolute atomic E-state index is 0.103. The Kier molecular flexibility index (Phi) is 4.07. The highest BCUT2D eigenvalue weighted by molar-refractivity contribution is 5.73. The molecule has 0 saturated heterocycles. The quantitative estimate of drug-likeness (QED) is 0.913. The van der Waals surface area contributed by atoms with Gasteiger partial charge in [0.15, 0.2) is 0 Å². The minimum Gasteiger partial charge on any atom is -0.496 e. The van der Waals surface area contributed by atoms with Crippen molar-refractivity contribution in [2.24, 2.45) is 5.73 Å². The van der Waals surface area contributed by atoms with Crippen LogP contribution in [-0.2, 0) is 0 Å². The molecule has 2 N–H and O–H groups in total. The van der Waals surface area contributed by atoms with Gasteiger partial charge >= 0.3 is 0 Å². The van der Waals surface area contributed by atoms with E-state index in [1.54, 1.807) is 14.2 Å². The summed E-state index contributed by atoms with van der Waals surface area (Å²) in [7, 11) is 3.32. The summed E-state index contributed by atoms with van der Waals surface area (Å²) in [5, 5.41) is 0. The molecule has 1 atom stereocenters. The number of ether oxygens (including phenoxy) is 2. The van der Waals surface area contributed by atoms with Crippen LogP contribution in [0.3, 0.4) is 0 Å². The lowest BCUT2D eigenvalue weighted by atomic mass is 9.99. The number of hydrogen-bond acceptors (Lipinski definition) is 3. The summed E-state index contributed by atoms with van der Waals surface area (Å²) in [5.74, 6) is 1.59. The van der Waals surface area contributed by atoms with E-state index < -0.39 is 0 Å². The predicted octanol–water partition coefficient (Wildman–Crippen LogP) is 3.39. The van der Waals surface area contributed by atoms with Gasteiger partial charge in [-0.1, -0.05) is 30.3 Å². The molecule has 0 fully saturated rings. The molecule has 2 aromatic rings. The molecule has 0 aromatic heterocycles. The van der Waals surface area contributed by atoms with Crippen LogP contribution in [0.4, 0.5) is 0 Å². The molecule has 0 aliphatic carbocycles. The van der Waals surface area contributed by atoms with E-state index in [4.69, 9.17) is 15.2 Å². The SMILES string of the molecule is COc1cc(C(C)N)c(OC)cc1-c1ccccc1. The van der Waals surface area contributed by atoms with Crippen molar-refractivity contribution >= 4 is 0 Å². The van der Waals surface area contributed by atoms with E-state index in [0.29, 0.717) is 0 Å². The molecular weight excluding hydrogens is 238 g/mol. The Morgan fingerprint density at radius 2 is 1.58 bits per heavy atom. The van der Waals surface area contributed by atoms with Crippen LogP contribution in [0.5, 0.6) is 11.5 Å². The molecule has 0 spiro atoms. The van der Waals surface area contributed by atoms with Crippen molar-refractivity contribution in [3.63, 3.8) is 0 Å². The predicted molar refractivity (Wildman–Crippen MR) is 77.6 cm³/mol. The van der Waals surface area contributed by atoms with Crippen molar-refractivity contribution in [1.29, 1.82) is 0 Å². The summed E-state index contributed by atoms with van der Waals surface area (Å²) in [4.78, 5) is 0. The first-order chi connectivity index (χ1) is 9.17. The molecule has 3 nitrogen and oxygen atoms in total. The molecule has 3 heteroatoms. The van der Waals surface area contributed by atoms with Crippen LogP contribution in [-0.4, -0.2) is 14.2 Å². The lowest BCUT2D eigenvalue weighted by Crippen LogP contribution is -2.07. The molecule has 0 aliphatic rings. The second-order valence-electron chi connectivity index (χ2n) is 4.45. The minimum atomic E-state index is -0.103. The Bertz CT molecular complexity index is 550. The fraction of sp³-hybridized carbons (Fsp3) is 0.250. The van der Waals surface area contributed by atoms with Gasteiger partial charge in [0.05, 0.1) is 14.2 Å². The van der Waals surface area contributed by atoms with Gasteiger partial charge in [0.25, 0.3) is 0 Å². The number of hydrogen-bond donors (Lipinski definition) is 1. The fourth-order valence-corrected chi connectivity index (χ4v) is 2.12. The van der Waals surface area contributed by atoms with E-state index in [1.807, 2.05) is 49.4 Å². The molecule has 2 rings (SSSR count). The van der Waals surface area contributed by atoms with Crippen molar-refractivity contribution < 1.29 is 9.47 Å². The van der Waals surface area contributed by atoms with Gasteiger partial charge in [-0.3, -0.25) is 0 Å². The van der Waals surface area contributed by atoms with Crippen molar-refractivity contribution in [3.8, 4) is 22.6 Å². The van der Waals surface area contributed by atoms with Crippen molar-refractivity contribution in [2.75, 3.05) is 14.2 Å². The Labute approximate surface area is 114 Å². The maximum absolute atomic E-state index is 5.97. The lowest BCUT2D eigenvalue weighted by molar-refractivity contribution is 0.397. The molecule has 0 saturated carbocycles. The van der Waals surface area contributed by atoms with Gasteiger partial charge in [-0.05, 0) is 24.6 Å². The van der Waals surface area contributed by atoms with Gasteiger partial charge in [-0.2, -0.15) is 0 Å². The average molecular weight is 257 g/mol. The van der Waals surface area contributed by atoms with Gasteiger partial charge < -0.3 is 15.2 Å². The molecular formula is C16H19NO2. The largest absolute Gasteiger partial charge is 0.496 e. The monoisotopic (exact) mass is 257 g/mol. The van der Waals surface area contributed by atoms with Crippen molar-refractivity contribution in [3.05, 3.63) is 48.0 Å². The summed E-state index contributed by atoms with van der Waals surface area (Å²) in [6.45, 7) is 1.93. The Hall–Kier alpha value is -2.00. The highest BCUT2D eigenvalue weighted by Crippen LogP contribution is 2.37. The van der Waals surface area contributed by atoms with E-state index in [1.165, 1.54) is 0 Å². The second kappa shape index (κ2) is 5.76. The Balaban J connectivity index is 2.61. The molecule has 1 unspecified atom stereocenters. The summed E-state index contributed by atoms with van der Waals surface area (Å²) >= 11 is 0. The molecule has 0 aliphatic heterocycles. The first kappa shape index (κ1) is 13.4. The number of benzene rings is 2. The molecule has 0 radical (unpaired) electrons. The Morgan fingerprint density at radius 3 is 2.11 bits per heavy atom. The van der Waals surface area contributed by atoms with Gasteiger partial charge in [0.1, 0.15) is 11.5 Å². The van der Waals surface area contributed by atoms with E-state index in [-0.39, 0.29) is 6.04 Å². The molecule has 19 heavy (non-hydrogen) atoms. The third-order valence-corrected chi connectivity index (χ3v) is 3.13. The van der Waals surface area contributed by atoms with Crippen LogP contribution < -0.4 is 15.2 Å². The number of methoxy groups -OCH3 is 2. The first-order valence-corrected chi connectivity index (χ1v) is 6.24. The molecule has 0 heterocycles. The second-order valence-corrected chi connectivity index (χ2v) is 4.45. The standard InChI is InChI=1S/C16H19NO2/c1-11(17)13-9-16(19-3)14(10-15(13)18-2)12-7-5-4-6-8-12/h4-11H,17H2,1-3H3. The third-order valence-electron chi connectivity index (χ3n) is 3.13. The van der Waals surface area contributed by atoms with Crippen LogP contribution in [0.2, 0.25) is 0 Å². The highest BCUT2D eigenvalue weighted by Gasteiger charge is 2.14. The van der Waals surface area contributed by atoms with Gasteiger partial charge in [-0.15, -0.1) is 0 Å². The maximum Gasteiger partial charge on any atom is 0.127 e. The third kappa shape index (κ3) is 2.71. The van der Waals surface area contributed by atoms with E-state index in [9.17, 15) is 0 Å².